The lowest BCUT2D eigenvalue weighted by molar-refractivity contribution is -0.236. The summed E-state index contributed by atoms with van der Waals surface area (Å²) in [4.78, 5) is 12.4. The van der Waals surface area contributed by atoms with Crippen molar-refractivity contribution >= 4 is 5.78 Å². The summed E-state index contributed by atoms with van der Waals surface area (Å²) in [6.07, 6.45) is 0. The van der Waals surface area contributed by atoms with Crippen molar-refractivity contribution in [2.75, 3.05) is 13.2 Å². The van der Waals surface area contributed by atoms with Gasteiger partial charge in [-0.25, -0.2) is 5.53 Å². The van der Waals surface area contributed by atoms with Gasteiger partial charge in [-0.05, 0) is 26.7 Å². The highest BCUT2D eigenvalue weighted by molar-refractivity contribution is 6.02. The highest BCUT2D eigenvalue weighted by atomic mass is 16.5. The van der Waals surface area contributed by atoms with Gasteiger partial charge in [-0.15, -0.1) is 0 Å². The fourth-order valence-electron chi connectivity index (χ4n) is 3.76. The molecule has 1 aliphatic carbocycles. The Kier molecular flexibility index (Phi) is 2.50. The number of hydrogen-bond acceptors (Lipinski definition) is 5. The summed E-state index contributed by atoms with van der Waals surface area (Å²) in [7, 11) is 0. The van der Waals surface area contributed by atoms with Crippen LogP contribution >= 0.6 is 0 Å². The molecule has 1 aliphatic heterocycles. The summed E-state index contributed by atoms with van der Waals surface area (Å²) in [6.45, 7) is 7.71. The van der Waals surface area contributed by atoms with Gasteiger partial charge in [0.1, 0.15) is 0 Å². The van der Waals surface area contributed by atoms with Crippen LogP contribution in [0.1, 0.15) is 27.7 Å². The standard InChI is InChI=1S/C12H20N2O3/c1-7-5-17-10(2,3)12(14-13)8(7)11(4,6-15)9(12)16/h7-8,13,15H,5-6H2,1-4H3. The van der Waals surface area contributed by atoms with Crippen molar-refractivity contribution in [1.29, 1.82) is 5.53 Å². The van der Waals surface area contributed by atoms with Crippen LogP contribution < -0.4 is 0 Å². The highest BCUT2D eigenvalue weighted by Crippen LogP contribution is 2.62. The quantitative estimate of drug-likeness (QED) is 0.716. The van der Waals surface area contributed by atoms with E-state index in [0.717, 1.165) is 0 Å². The zero-order chi connectivity index (χ0) is 13.1. The average Bonchev–Trinajstić information content (AvgIpc) is 2.29. The third kappa shape index (κ3) is 1.14. The molecule has 1 saturated carbocycles. The second-order valence-corrected chi connectivity index (χ2v) is 6.06. The van der Waals surface area contributed by atoms with Gasteiger partial charge in [0.2, 0.25) is 0 Å². The third-order valence-electron chi connectivity index (χ3n) is 4.70. The maximum atomic E-state index is 12.4. The largest absolute Gasteiger partial charge is 0.395 e. The Morgan fingerprint density at radius 2 is 2.12 bits per heavy atom. The molecular formula is C12H20N2O3. The van der Waals surface area contributed by atoms with E-state index in [4.69, 9.17) is 10.3 Å². The first kappa shape index (κ1) is 12.6. The van der Waals surface area contributed by atoms with Crippen molar-refractivity contribution in [3.8, 4) is 0 Å². The first-order valence-corrected chi connectivity index (χ1v) is 5.96. The molecule has 17 heavy (non-hydrogen) atoms. The van der Waals surface area contributed by atoms with Crippen molar-refractivity contribution in [2.24, 2.45) is 22.4 Å². The van der Waals surface area contributed by atoms with Crippen LogP contribution in [-0.4, -0.2) is 35.2 Å². The minimum absolute atomic E-state index is 0.117. The zero-order valence-corrected chi connectivity index (χ0v) is 10.8. The molecule has 2 aliphatic rings. The smallest absolute Gasteiger partial charge is 0.174 e. The van der Waals surface area contributed by atoms with E-state index < -0.39 is 16.6 Å². The van der Waals surface area contributed by atoms with Crippen LogP contribution in [0.2, 0.25) is 0 Å². The van der Waals surface area contributed by atoms with E-state index in [1.54, 1.807) is 20.8 Å². The number of ether oxygens (including phenoxy) is 1. The van der Waals surface area contributed by atoms with E-state index in [1.807, 2.05) is 6.92 Å². The molecule has 4 unspecified atom stereocenters. The van der Waals surface area contributed by atoms with E-state index in [0.29, 0.717) is 6.61 Å². The summed E-state index contributed by atoms with van der Waals surface area (Å²) in [5, 5.41) is 13.1. The molecule has 2 rings (SSSR count). The number of aliphatic hydroxyl groups is 1. The van der Waals surface area contributed by atoms with Gasteiger partial charge >= 0.3 is 0 Å². The Morgan fingerprint density at radius 3 is 2.59 bits per heavy atom. The van der Waals surface area contributed by atoms with Crippen molar-refractivity contribution in [3.63, 3.8) is 0 Å². The van der Waals surface area contributed by atoms with Crippen molar-refractivity contribution in [3.05, 3.63) is 0 Å². The lowest BCUT2D eigenvalue weighted by Gasteiger charge is -2.65. The molecule has 0 amide bonds. The lowest BCUT2D eigenvalue weighted by Crippen LogP contribution is -2.81. The van der Waals surface area contributed by atoms with Crippen LogP contribution in [0.25, 0.3) is 0 Å². The molecule has 0 aromatic heterocycles. The van der Waals surface area contributed by atoms with Crippen LogP contribution in [0.4, 0.5) is 0 Å². The van der Waals surface area contributed by atoms with Gasteiger partial charge in [0.05, 0.1) is 24.2 Å². The number of rotatable bonds is 2. The Hall–Kier alpha value is -0.810. The van der Waals surface area contributed by atoms with E-state index in [9.17, 15) is 9.90 Å². The minimum Gasteiger partial charge on any atom is -0.395 e. The SMILES string of the molecule is CC1COC(C)(C)C2(N=N)C(=O)C(C)(CO)C12. The van der Waals surface area contributed by atoms with Gasteiger partial charge < -0.3 is 9.84 Å². The molecule has 4 atom stereocenters. The van der Waals surface area contributed by atoms with Gasteiger partial charge in [0.25, 0.3) is 0 Å². The van der Waals surface area contributed by atoms with Gasteiger partial charge in [-0.3, -0.25) is 4.79 Å². The second kappa shape index (κ2) is 3.36. The maximum absolute atomic E-state index is 12.4. The summed E-state index contributed by atoms with van der Waals surface area (Å²) in [5.41, 5.74) is 4.80. The van der Waals surface area contributed by atoms with Gasteiger partial charge in [0, 0.05) is 5.92 Å². The first-order valence-electron chi connectivity index (χ1n) is 5.96. The van der Waals surface area contributed by atoms with Crippen molar-refractivity contribution in [2.45, 2.75) is 38.8 Å². The second-order valence-electron chi connectivity index (χ2n) is 6.06. The summed E-state index contributed by atoms with van der Waals surface area (Å²) in [5.74, 6) is -0.162. The number of nitrogens with one attached hydrogen (secondary N) is 1. The number of carbonyl (C=O) groups is 1. The molecule has 0 bridgehead atoms. The number of aliphatic hydroxyl groups excluding tert-OH is 1. The number of ketones is 1. The van der Waals surface area contributed by atoms with Crippen molar-refractivity contribution in [1.82, 2.24) is 0 Å². The lowest BCUT2D eigenvalue weighted by atomic mass is 9.41. The Balaban J connectivity index is 2.54. The molecule has 1 heterocycles. The average molecular weight is 240 g/mol. The van der Waals surface area contributed by atoms with Gasteiger partial charge in [-0.2, -0.15) is 5.11 Å². The molecule has 5 nitrogen and oxygen atoms in total. The number of hydrogen-bond donors (Lipinski definition) is 2. The van der Waals surface area contributed by atoms with E-state index in [-0.39, 0.29) is 24.2 Å². The molecule has 0 radical (unpaired) electrons. The zero-order valence-electron chi connectivity index (χ0n) is 10.8. The number of carbonyl (C=O) groups excluding carboxylic acids is 1. The molecule has 2 N–H and O–H groups in total. The van der Waals surface area contributed by atoms with Crippen LogP contribution in [0, 0.1) is 22.8 Å². The monoisotopic (exact) mass is 240 g/mol. The Morgan fingerprint density at radius 1 is 1.53 bits per heavy atom. The number of Topliss-reactive ketones (excluding diaryl/α,β-unsaturated/α-hetero) is 1. The molecule has 5 heteroatoms. The highest BCUT2D eigenvalue weighted by Gasteiger charge is 2.77. The fourth-order valence-corrected chi connectivity index (χ4v) is 3.76. The molecule has 1 saturated heterocycles. The maximum Gasteiger partial charge on any atom is 0.174 e. The third-order valence-corrected chi connectivity index (χ3v) is 4.70. The minimum atomic E-state index is -1.11. The normalized spacial score (nSPS) is 48.2. The summed E-state index contributed by atoms with van der Waals surface area (Å²) in [6, 6.07) is 0. The van der Waals surface area contributed by atoms with Gasteiger partial charge in [-0.1, -0.05) is 6.92 Å². The summed E-state index contributed by atoms with van der Waals surface area (Å²) >= 11 is 0. The van der Waals surface area contributed by atoms with E-state index >= 15 is 0 Å². The predicted molar refractivity (Wildman–Crippen MR) is 60.8 cm³/mol. The Bertz CT molecular complexity index is 382. The Labute approximate surface area is 101 Å². The molecule has 0 aromatic rings. The van der Waals surface area contributed by atoms with Crippen LogP contribution in [0.3, 0.4) is 0 Å². The van der Waals surface area contributed by atoms with E-state index in [2.05, 4.69) is 5.11 Å². The molecule has 0 aromatic carbocycles. The predicted octanol–water partition coefficient (Wildman–Crippen LogP) is 1.40. The summed E-state index contributed by atoms with van der Waals surface area (Å²) < 4.78 is 5.70. The number of nitrogens with zero attached hydrogens (tertiary/aromatic N) is 1. The molecule has 96 valence electrons. The molecule has 0 spiro atoms. The first-order chi connectivity index (χ1) is 7.78. The molecule has 2 fully saturated rings. The van der Waals surface area contributed by atoms with Crippen LogP contribution in [0.5, 0.6) is 0 Å². The van der Waals surface area contributed by atoms with Crippen LogP contribution in [-0.2, 0) is 9.53 Å². The fraction of sp³-hybridized carbons (Fsp3) is 0.917. The molecular weight excluding hydrogens is 220 g/mol. The van der Waals surface area contributed by atoms with Gasteiger partial charge in [0.15, 0.2) is 11.3 Å². The van der Waals surface area contributed by atoms with Crippen LogP contribution in [0.15, 0.2) is 5.11 Å². The topological polar surface area (TPSA) is 82.7 Å². The number of fused-ring (bicyclic) bond motifs is 1. The van der Waals surface area contributed by atoms with E-state index in [1.165, 1.54) is 0 Å². The van der Waals surface area contributed by atoms with Crippen molar-refractivity contribution < 1.29 is 14.6 Å².